The fraction of sp³-hybridized carbons (Fsp3) is 0.478. The highest BCUT2D eigenvalue weighted by Crippen LogP contribution is 2.32. The lowest BCUT2D eigenvalue weighted by Crippen LogP contribution is -2.36. The molecule has 0 atom stereocenters. The molecule has 0 radical (unpaired) electrons. The third-order valence-corrected chi connectivity index (χ3v) is 6.41. The molecule has 10 nitrogen and oxygen atoms in total. The van der Waals surface area contributed by atoms with Crippen LogP contribution < -0.4 is 20.7 Å². The number of nitrogens with one attached hydrogen (secondary N) is 3. The molecule has 0 unspecified atom stereocenters. The van der Waals surface area contributed by atoms with Crippen molar-refractivity contribution in [1.82, 2.24) is 19.9 Å². The summed E-state index contributed by atoms with van der Waals surface area (Å²) >= 11 is 0.942. The number of nitrogens with zero attached hydrogens (tertiary/aromatic N) is 2. The summed E-state index contributed by atoms with van der Waals surface area (Å²) in [6.07, 6.45) is 4.41. The number of esters is 1. The number of anilines is 1. The number of benzene rings is 1. The molecule has 3 N–H and O–H groups in total. The van der Waals surface area contributed by atoms with Gasteiger partial charge in [-0.25, -0.2) is 9.59 Å². The van der Waals surface area contributed by atoms with Crippen molar-refractivity contribution in [2.75, 3.05) is 38.6 Å². The summed E-state index contributed by atoms with van der Waals surface area (Å²) in [5.74, 6) is -0.707. The summed E-state index contributed by atoms with van der Waals surface area (Å²) < 4.78 is 14.8. The lowest BCUT2D eigenvalue weighted by Gasteiger charge is -2.14. The molecule has 1 aromatic carbocycles. The van der Waals surface area contributed by atoms with Gasteiger partial charge in [-0.1, -0.05) is 12.1 Å². The molecular formula is C23H29N5O5S. The topological polar surface area (TPSA) is 122 Å². The summed E-state index contributed by atoms with van der Waals surface area (Å²) in [5, 5.41) is 8.67. The van der Waals surface area contributed by atoms with Crippen molar-refractivity contribution in [3.63, 3.8) is 0 Å². The van der Waals surface area contributed by atoms with Gasteiger partial charge in [0.2, 0.25) is 5.88 Å². The van der Waals surface area contributed by atoms with Crippen LogP contribution in [0, 0.1) is 0 Å². The number of hydrogen-bond donors (Lipinski definition) is 3. The number of hydrogen-bond acceptors (Lipinski definition) is 8. The Bertz CT molecular complexity index is 1030. The molecule has 2 fully saturated rings. The van der Waals surface area contributed by atoms with Crippen LogP contribution in [0.1, 0.15) is 52.0 Å². The molecule has 1 aliphatic heterocycles. The van der Waals surface area contributed by atoms with Crippen LogP contribution in [0.5, 0.6) is 5.88 Å². The Labute approximate surface area is 202 Å². The van der Waals surface area contributed by atoms with E-state index in [0.29, 0.717) is 12.1 Å². The Morgan fingerprint density at radius 2 is 2.00 bits per heavy atom. The molecule has 0 bridgehead atoms. The van der Waals surface area contributed by atoms with E-state index in [0.717, 1.165) is 49.6 Å². The van der Waals surface area contributed by atoms with Crippen molar-refractivity contribution in [2.45, 2.75) is 38.3 Å². The molecule has 182 valence electrons. The van der Waals surface area contributed by atoms with E-state index in [-0.39, 0.29) is 35.0 Å². The highest BCUT2D eigenvalue weighted by atomic mass is 32.1. The monoisotopic (exact) mass is 487 g/mol. The zero-order valence-corrected chi connectivity index (χ0v) is 19.9. The molecule has 1 saturated heterocycles. The van der Waals surface area contributed by atoms with Gasteiger partial charge < -0.3 is 25.0 Å². The number of ether oxygens (including phenoxy) is 2. The van der Waals surface area contributed by atoms with E-state index in [9.17, 15) is 14.4 Å². The van der Waals surface area contributed by atoms with Gasteiger partial charge in [-0.05, 0) is 68.0 Å². The number of aromatic nitrogens is 1. The molecule has 3 amide bonds. The molecule has 1 aliphatic carbocycles. The van der Waals surface area contributed by atoms with Gasteiger partial charge in [0.1, 0.15) is 11.6 Å². The lowest BCUT2D eigenvalue weighted by molar-refractivity contribution is 0.0596. The highest BCUT2D eigenvalue weighted by Gasteiger charge is 2.26. The van der Waals surface area contributed by atoms with Gasteiger partial charge in [0.15, 0.2) is 5.56 Å². The molecule has 2 aromatic rings. The number of carbonyl (C=O) groups is 3. The normalized spacial score (nSPS) is 15.6. The van der Waals surface area contributed by atoms with Crippen molar-refractivity contribution >= 4 is 34.4 Å². The van der Waals surface area contributed by atoms with E-state index in [2.05, 4.69) is 25.2 Å². The largest absolute Gasteiger partial charge is 0.472 e. The molecule has 11 heteroatoms. The number of likely N-dealkylation sites (tertiary alicyclic amines) is 1. The first-order valence-corrected chi connectivity index (χ1v) is 12.2. The minimum atomic E-state index is -0.659. The minimum absolute atomic E-state index is 0.0600. The van der Waals surface area contributed by atoms with Crippen molar-refractivity contribution in [2.24, 2.45) is 0 Å². The van der Waals surface area contributed by atoms with E-state index in [1.54, 1.807) is 18.2 Å². The third-order valence-electron chi connectivity index (χ3n) is 5.67. The van der Waals surface area contributed by atoms with Crippen LogP contribution in [-0.2, 0) is 11.3 Å². The summed E-state index contributed by atoms with van der Waals surface area (Å²) in [7, 11) is 1.26. The van der Waals surface area contributed by atoms with Gasteiger partial charge in [0.25, 0.3) is 5.91 Å². The van der Waals surface area contributed by atoms with Crippen molar-refractivity contribution in [3.05, 3.63) is 41.0 Å². The Balaban J connectivity index is 1.35. The van der Waals surface area contributed by atoms with Crippen LogP contribution in [0.3, 0.4) is 0 Å². The minimum Gasteiger partial charge on any atom is -0.472 e. The number of urea groups is 1. The Morgan fingerprint density at radius 1 is 1.21 bits per heavy atom. The molecule has 0 spiro atoms. The fourth-order valence-corrected chi connectivity index (χ4v) is 4.39. The first kappa shape index (κ1) is 24.0. The molecule has 2 heterocycles. The van der Waals surface area contributed by atoms with Gasteiger partial charge in [-0.15, -0.1) is 0 Å². The maximum absolute atomic E-state index is 12.4. The number of amides is 3. The van der Waals surface area contributed by atoms with E-state index >= 15 is 0 Å². The van der Waals surface area contributed by atoms with Crippen LogP contribution >= 0.6 is 11.5 Å². The molecule has 1 aromatic heterocycles. The van der Waals surface area contributed by atoms with Gasteiger partial charge in [-0.2, -0.15) is 4.37 Å². The average Bonchev–Trinajstić information content (AvgIpc) is 3.33. The van der Waals surface area contributed by atoms with E-state index in [4.69, 9.17) is 9.47 Å². The maximum Gasteiger partial charge on any atom is 0.346 e. The zero-order valence-electron chi connectivity index (χ0n) is 19.1. The summed E-state index contributed by atoms with van der Waals surface area (Å²) in [6.45, 7) is 3.50. The zero-order chi connectivity index (χ0) is 23.9. The molecular weight excluding hydrogens is 458 g/mol. The summed E-state index contributed by atoms with van der Waals surface area (Å²) in [6, 6.07) is 6.94. The quantitative estimate of drug-likeness (QED) is 0.441. The van der Waals surface area contributed by atoms with Crippen LogP contribution in [0.25, 0.3) is 0 Å². The Hall–Kier alpha value is -3.18. The third kappa shape index (κ3) is 6.45. The fourth-order valence-electron chi connectivity index (χ4n) is 3.67. The first-order chi connectivity index (χ1) is 16.5. The number of rotatable bonds is 10. The second kappa shape index (κ2) is 11.3. The second-order valence-corrected chi connectivity index (χ2v) is 9.12. The maximum atomic E-state index is 12.4. The predicted octanol–water partition coefficient (Wildman–Crippen LogP) is 2.62. The van der Waals surface area contributed by atoms with Gasteiger partial charge in [-0.3, -0.25) is 10.1 Å². The van der Waals surface area contributed by atoms with Gasteiger partial charge in [0.05, 0.1) is 7.11 Å². The number of methoxy groups -OCH3 is 1. The smallest absolute Gasteiger partial charge is 0.346 e. The standard InChI is InChI=1S/C23H29N5O5S/c1-32-22(30)18-20(27-34-21(18)26-23(31)24-9-12-28-10-2-3-11-28)33-14-15-5-4-6-16(13-15)19(29)25-17-7-8-17/h4-6,13,17H,2-3,7-12,14H2,1H3,(H,25,29)(H2,24,26,31). The molecule has 34 heavy (non-hydrogen) atoms. The Morgan fingerprint density at radius 3 is 2.74 bits per heavy atom. The van der Waals surface area contributed by atoms with E-state index < -0.39 is 12.0 Å². The summed E-state index contributed by atoms with van der Waals surface area (Å²) in [5.41, 5.74) is 1.36. The summed E-state index contributed by atoms with van der Waals surface area (Å²) in [4.78, 5) is 39.3. The second-order valence-electron chi connectivity index (χ2n) is 8.35. The predicted molar refractivity (Wildman–Crippen MR) is 127 cm³/mol. The van der Waals surface area contributed by atoms with Crippen LogP contribution in [0.15, 0.2) is 24.3 Å². The van der Waals surface area contributed by atoms with E-state index in [1.807, 2.05) is 6.07 Å². The van der Waals surface area contributed by atoms with E-state index in [1.165, 1.54) is 20.0 Å². The van der Waals surface area contributed by atoms with Crippen molar-refractivity contribution in [3.8, 4) is 5.88 Å². The highest BCUT2D eigenvalue weighted by molar-refractivity contribution is 7.11. The molecule has 4 rings (SSSR count). The number of carbonyl (C=O) groups excluding carboxylic acids is 3. The van der Waals surface area contributed by atoms with Crippen LogP contribution in [0.2, 0.25) is 0 Å². The molecule has 2 aliphatic rings. The first-order valence-electron chi connectivity index (χ1n) is 11.4. The van der Waals surface area contributed by atoms with Crippen LogP contribution in [-0.4, -0.2) is 66.5 Å². The van der Waals surface area contributed by atoms with Crippen LogP contribution in [0.4, 0.5) is 9.80 Å². The lowest BCUT2D eigenvalue weighted by atomic mass is 10.1. The van der Waals surface area contributed by atoms with Crippen molar-refractivity contribution in [1.29, 1.82) is 0 Å². The van der Waals surface area contributed by atoms with Gasteiger partial charge >= 0.3 is 12.0 Å². The Kier molecular flexibility index (Phi) is 7.96. The average molecular weight is 488 g/mol. The molecule has 1 saturated carbocycles. The van der Waals surface area contributed by atoms with Gasteiger partial charge in [0, 0.05) is 24.7 Å². The van der Waals surface area contributed by atoms with Crippen molar-refractivity contribution < 1.29 is 23.9 Å². The SMILES string of the molecule is COC(=O)c1c(OCc2cccc(C(=O)NC3CC3)c2)nsc1NC(=O)NCCN1CCCC1.